The maximum Gasteiger partial charge on any atom is 0.308 e. The molecular formula is C51H83N5O15. The molecule has 4 heterocycles. The summed E-state index contributed by atoms with van der Waals surface area (Å²) in [6, 6.07) is 7.72. The standard InChI is InChI=1S/C51H83N5O15/c1-13-39-51(9,63)45(61)32(5)43(59)29(2)25-50(8,66-12)47(31(4)38(24-41(58)70-39)69-42-26-49(7,65-11)46(62)33(6)68-42)71-48-44(60)37(22-30(3)67-48)55(10)27-35-19-17-34(18-20-35)23-36-28-56(54-52-36)21-15-14-16-40(57)53-64/h17-20,28-33,37-39,42,44-48,60-64H,13-16,21-27H2,1-12H3,(H,53,57)/t29-,30-,31+,32+,33+,37+,38+,39?,42?,44-,45-,46+,47?,48?,49-,50+,51-/m1/s1. The van der Waals surface area contributed by atoms with Crippen molar-refractivity contribution in [3.8, 4) is 0 Å². The van der Waals surface area contributed by atoms with Crippen molar-refractivity contribution < 1.29 is 73.2 Å². The molecule has 2 aromatic rings. The lowest BCUT2D eigenvalue weighted by Crippen LogP contribution is -2.61. The Bertz CT molecular complexity index is 2020. The molecule has 4 unspecified atom stereocenters. The van der Waals surface area contributed by atoms with E-state index in [1.54, 1.807) is 51.7 Å². The van der Waals surface area contributed by atoms with E-state index in [-0.39, 0.29) is 44.0 Å². The lowest BCUT2D eigenvalue weighted by molar-refractivity contribution is -0.317. The summed E-state index contributed by atoms with van der Waals surface area (Å²) in [6.07, 6.45) is -5.84. The Morgan fingerprint density at radius 2 is 1.59 bits per heavy atom. The fourth-order valence-corrected chi connectivity index (χ4v) is 10.7. The minimum Gasteiger partial charge on any atom is -0.459 e. The topological polar surface area (TPSA) is 263 Å². The minimum atomic E-state index is -1.99. The maximum atomic E-state index is 14.2. The Labute approximate surface area is 418 Å². The number of amides is 1. The van der Waals surface area contributed by atoms with Crippen LogP contribution in [0.15, 0.2) is 30.5 Å². The summed E-state index contributed by atoms with van der Waals surface area (Å²) < 4.78 is 46.1. The average molecular weight is 1010 g/mol. The molecule has 3 saturated heterocycles. The zero-order valence-corrected chi connectivity index (χ0v) is 43.9. The van der Waals surface area contributed by atoms with Crippen molar-refractivity contribution in [2.24, 2.45) is 17.8 Å². The second-order valence-corrected chi connectivity index (χ2v) is 21.1. The second kappa shape index (κ2) is 25.1. The molecule has 0 aliphatic carbocycles. The van der Waals surface area contributed by atoms with Crippen LogP contribution in [0.25, 0.3) is 0 Å². The van der Waals surface area contributed by atoms with Gasteiger partial charge in [-0.3, -0.25) is 29.2 Å². The van der Waals surface area contributed by atoms with E-state index in [0.29, 0.717) is 38.8 Å². The molecule has 1 amide bonds. The third-order valence-corrected chi connectivity index (χ3v) is 15.4. The Balaban J connectivity index is 1.40. The highest BCUT2D eigenvalue weighted by Gasteiger charge is 2.53. The number of Topliss-reactive ketones (excluding diaryl/α,β-unsaturated/α-hetero) is 1. The number of carbonyl (C=O) groups excluding carboxylic acids is 3. The van der Waals surface area contributed by atoms with E-state index in [9.17, 15) is 34.8 Å². The number of carbonyl (C=O) groups is 3. The number of aliphatic hydroxyl groups excluding tert-OH is 3. The highest BCUT2D eigenvalue weighted by Crippen LogP contribution is 2.41. The predicted molar refractivity (Wildman–Crippen MR) is 257 cm³/mol. The maximum absolute atomic E-state index is 14.2. The van der Waals surface area contributed by atoms with E-state index in [0.717, 1.165) is 16.8 Å². The van der Waals surface area contributed by atoms with Crippen molar-refractivity contribution in [3.05, 3.63) is 47.3 Å². The lowest BCUT2D eigenvalue weighted by Gasteiger charge is -2.49. The van der Waals surface area contributed by atoms with Crippen molar-refractivity contribution in [3.63, 3.8) is 0 Å². The van der Waals surface area contributed by atoms with Gasteiger partial charge in [0, 0.05) is 76.6 Å². The number of nitrogens with one attached hydrogen (secondary N) is 1. The van der Waals surface area contributed by atoms with Gasteiger partial charge in [0.05, 0.1) is 53.8 Å². The number of aliphatic hydroxyl groups is 4. The molecule has 71 heavy (non-hydrogen) atoms. The number of ether oxygens (including phenoxy) is 7. The highest BCUT2D eigenvalue weighted by molar-refractivity contribution is 5.83. The SMILES string of the molecule is CCC1OC(=O)C[C@H](OC2C[C@@](C)(OC)[C@@H](O)[C@H](C)O2)[C@H](C)C(OC2O[C@H](C)C[C@H](N(C)Cc3ccc(Cc4cn(CCCCC(=O)NO)nn4)cc3)[C@H]2O)[C@@](C)(OC)C[C@@H](C)C(=O)[C@H](C)[C@@H](O)[C@]1(C)O. The summed E-state index contributed by atoms with van der Waals surface area (Å²) in [4.78, 5) is 41.7. The van der Waals surface area contributed by atoms with Gasteiger partial charge in [0.2, 0.25) is 5.91 Å². The zero-order chi connectivity index (χ0) is 52.6. The Kier molecular flexibility index (Phi) is 20.7. The highest BCUT2D eigenvalue weighted by atomic mass is 16.7. The molecule has 3 aliphatic rings. The Morgan fingerprint density at radius 1 is 0.930 bits per heavy atom. The number of unbranched alkanes of at least 4 members (excludes halogenated alkanes) is 1. The van der Waals surface area contributed by atoms with Crippen LogP contribution in [0.4, 0.5) is 0 Å². The third kappa shape index (κ3) is 14.4. The summed E-state index contributed by atoms with van der Waals surface area (Å²) in [6.45, 7) is 16.4. The number of nitrogens with zero attached hydrogens (tertiary/aromatic N) is 4. The largest absolute Gasteiger partial charge is 0.459 e. The molecule has 0 bridgehead atoms. The number of ketones is 1. The first-order chi connectivity index (χ1) is 33.4. The van der Waals surface area contributed by atoms with Crippen molar-refractivity contribution in [1.82, 2.24) is 25.4 Å². The van der Waals surface area contributed by atoms with Crippen molar-refractivity contribution in [2.75, 3.05) is 21.3 Å². The predicted octanol–water partition coefficient (Wildman–Crippen LogP) is 3.62. The fraction of sp³-hybridized carbons (Fsp3) is 0.784. The lowest BCUT2D eigenvalue weighted by atomic mass is 9.74. The first-order valence-electron chi connectivity index (χ1n) is 25.2. The van der Waals surface area contributed by atoms with Gasteiger partial charge >= 0.3 is 5.97 Å². The minimum absolute atomic E-state index is 0.0688. The van der Waals surface area contributed by atoms with Crippen LogP contribution in [0, 0.1) is 17.8 Å². The molecule has 20 heteroatoms. The third-order valence-electron chi connectivity index (χ3n) is 15.4. The molecule has 17 atom stereocenters. The summed E-state index contributed by atoms with van der Waals surface area (Å²) in [5, 5.41) is 63.8. The van der Waals surface area contributed by atoms with E-state index in [4.69, 9.17) is 38.4 Å². The fourth-order valence-electron chi connectivity index (χ4n) is 10.7. The number of aromatic nitrogens is 3. The summed E-state index contributed by atoms with van der Waals surface area (Å²) >= 11 is 0. The summed E-state index contributed by atoms with van der Waals surface area (Å²) in [5.41, 5.74) is 0.125. The van der Waals surface area contributed by atoms with Crippen LogP contribution in [-0.2, 0) is 67.1 Å². The number of hydrogen-bond donors (Lipinski definition) is 6. The molecule has 3 aliphatic heterocycles. The smallest absolute Gasteiger partial charge is 0.308 e. The Hall–Kier alpha value is -3.51. The molecule has 5 rings (SSSR count). The van der Waals surface area contributed by atoms with Gasteiger partial charge in [-0.1, -0.05) is 57.2 Å². The van der Waals surface area contributed by atoms with Crippen LogP contribution in [0.1, 0.15) is 131 Å². The number of hydroxylamine groups is 1. The van der Waals surface area contributed by atoms with Gasteiger partial charge in [0.15, 0.2) is 12.6 Å². The zero-order valence-electron chi connectivity index (χ0n) is 43.9. The van der Waals surface area contributed by atoms with Gasteiger partial charge in [-0.15, -0.1) is 5.10 Å². The number of methoxy groups -OCH3 is 2. The van der Waals surface area contributed by atoms with Crippen LogP contribution in [-0.4, -0.2) is 169 Å². The first kappa shape index (κ1) is 58.4. The number of likely N-dealkylation sites (N-methyl/N-ethyl adjacent to an activating group) is 1. The summed E-state index contributed by atoms with van der Waals surface area (Å²) in [7, 11) is 4.93. The van der Waals surface area contributed by atoms with Crippen LogP contribution in [0.3, 0.4) is 0 Å². The monoisotopic (exact) mass is 1010 g/mol. The van der Waals surface area contributed by atoms with Crippen molar-refractivity contribution in [2.45, 2.75) is 217 Å². The van der Waals surface area contributed by atoms with Gasteiger partial charge in [0.25, 0.3) is 0 Å². The quantitative estimate of drug-likeness (QED) is 0.0572. The molecule has 402 valence electrons. The van der Waals surface area contributed by atoms with Crippen molar-refractivity contribution in [1.29, 1.82) is 0 Å². The van der Waals surface area contributed by atoms with Crippen LogP contribution >= 0.6 is 0 Å². The van der Waals surface area contributed by atoms with Gasteiger partial charge < -0.3 is 53.6 Å². The van der Waals surface area contributed by atoms with E-state index >= 15 is 0 Å². The molecular weight excluding hydrogens is 923 g/mol. The average Bonchev–Trinajstić information content (AvgIpc) is 3.79. The van der Waals surface area contributed by atoms with Gasteiger partial charge in [-0.05, 0) is 84.9 Å². The van der Waals surface area contributed by atoms with Crippen LogP contribution in [0.2, 0.25) is 0 Å². The number of hydrogen-bond acceptors (Lipinski definition) is 18. The molecule has 1 aromatic carbocycles. The molecule has 1 aromatic heterocycles. The van der Waals surface area contributed by atoms with E-state index < -0.39 is 108 Å². The second-order valence-electron chi connectivity index (χ2n) is 21.1. The van der Waals surface area contributed by atoms with Crippen LogP contribution in [0.5, 0.6) is 0 Å². The van der Waals surface area contributed by atoms with E-state index in [1.807, 2.05) is 51.4 Å². The first-order valence-corrected chi connectivity index (χ1v) is 25.2. The molecule has 3 fully saturated rings. The van der Waals surface area contributed by atoms with Gasteiger partial charge in [-0.25, -0.2) is 5.48 Å². The molecule has 0 spiro atoms. The number of benzene rings is 1. The number of cyclic esters (lactones) is 1. The number of esters is 1. The number of aryl methyl sites for hydroxylation is 1. The van der Waals surface area contributed by atoms with Gasteiger partial charge in [0.1, 0.15) is 29.7 Å². The van der Waals surface area contributed by atoms with E-state index in [2.05, 4.69) is 15.2 Å². The molecule has 6 N–H and O–H groups in total. The Morgan fingerprint density at radius 3 is 2.23 bits per heavy atom. The van der Waals surface area contributed by atoms with Crippen LogP contribution < -0.4 is 5.48 Å². The molecule has 20 nitrogen and oxygen atoms in total. The normalized spacial score (nSPS) is 37.9. The van der Waals surface area contributed by atoms with Crippen molar-refractivity contribution >= 4 is 17.7 Å². The summed E-state index contributed by atoms with van der Waals surface area (Å²) in [5.74, 6) is -4.07. The molecule has 0 radical (unpaired) electrons. The number of rotatable bonds is 17. The molecule has 0 saturated carbocycles. The van der Waals surface area contributed by atoms with Gasteiger partial charge in [-0.2, -0.15) is 0 Å². The van der Waals surface area contributed by atoms with E-state index in [1.165, 1.54) is 21.1 Å².